The van der Waals surface area contributed by atoms with Gasteiger partial charge in [-0.1, -0.05) is 170 Å². The van der Waals surface area contributed by atoms with E-state index in [9.17, 15) is 0 Å². The lowest BCUT2D eigenvalue weighted by Crippen LogP contribution is -2.51. The van der Waals surface area contributed by atoms with Crippen LogP contribution in [0.4, 0.5) is 17.1 Å². The highest BCUT2D eigenvalue weighted by Gasteiger charge is 2.59. The maximum absolute atomic E-state index is 2.49. The smallest absolute Gasteiger partial charge is 0.0711 e. The van der Waals surface area contributed by atoms with Crippen LogP contribution in [0.25, 0.3) is 11.1 Å². The molecule has 0 atom stereocenters. The molecule has 3 aliphatic carbocycles. The summed E-state index contributed by atoms with van der Waals surface area (Å²) in [5.74, 6) is 0. The molecule has 0 fully saturated rings. The van der Waals surface area contributed by atoms with E-state index in [1.54, 1.807) is 0 Å². The van der Waals surface area contributed by atoms with Crippen LogP contribution in [0.1, 0.15) is 44.5 Å². The fraction of sp³-hybridized carbons (Fsp3) is 0.0400. The number of rotatable bonds is 6. The third kappa shape index (κ3) is 4.16. The monoisotopic (exact) mass is 649 g/mol. The van der Waals surface area contributed by atoms with Crippen molar-refractivity contribution in [2.24, 2.45) is 0 Å². The zero-order valence-electron chi connectivity index (χ0n) is 28.2. The Morgan fingerprint density at radius 2 is 0.588 bits per heavy atom. The van der Waals surface area contributed by atoms with Gasteiger partial charge in [-0.2, -0.15) is 0 Å². The molecular weight excluding hydrogens is 615 g/mol. The summed E-state index contributed by atoms with van der Waals surface area (Å²) in [6.07, 6.45) is 0. The summed E-state index contributed by atoms with van der Waals surface area (Å²) in [7, 11) is 0. The van der Waals surface area contributed by atoms with Gasteiger partial charge in [-0.25, -0.2) is 0 Å². The highest BCUT2D eigenvalue weighted by Crippen LogP contribution is 2.66. The molecule has 0 spiro atoms. The summed E-state index contributed by atoms with van der Waals surface area (Å²) in [4.78, 5) is 2.32. The molecule has 3 aliphatic rings. The van der Waals surface area contributed by atoms with Crippen molar-refractivity contribution in [2.75, 3.05) is 4.90 Å². The number of nitrogens with zero attached hydrogens (tertiary/aromatic N) is 1. The molecule has 0 aliphatic heterocycles. The fourth-order valence-electron chi connectivity index (χ4n) is 9.22. The maximum atomic E-state index is 2.49. The van der Waals surface area contributed by atoms with Crippen molar-refractivity contribution < 1.29 is 0 Å². The molecule has 0 amide bonds. The van der Waals surface area contributed by atoms with E-state index in [0.29, 0.717) is 0 Å². The van der Waals surface area contributed by atoms with Gasteiger partial charge in [0.05, 0.1) is 10.8 Å². The van der Waals surface area contributed by atoms with Crippen LogP contribution < -0.4 is 4.90 Å². The van der Waals surface area contributed by atoms with Crippen molar-refractivity contribution in [3.05, 3.63) is 257 Å². The van der Waals surface area contributed by atoms with Gasteiger partial charge in [-0.3, -0.25) is 0 Å². The van der Waals surface area contributed by atoms with Gasteiger partial charge >= 0.3 is 0 Å². The van der Waals surface area contributed by atoms with Crippen LogP contribution in [0.3, 0.4) is 0 Å². The molecule has 240 valence electrons. The molecular formula is C50H35N. The zero-order chi connectivity index (χ0) is 33.8. The quantitative estimate of drug-likeness (QED) is 0.173. The van der Waals surface area contributed by atoms with Crippen molar-refractivity contribution in [3.8, 4) is 11.1 Å². The summed E-state index contributed by atoms with van der Waals surface area (Å²) in [6.45, 7) is 0. The van der Waals surface area contributed by atoms with Crippen molar-refractivity contribution >= 4 is 17.1 Å². The standard InChI is InChI=1S/C50H35N/c1-5-17-38(18-6-1)49-43-25-13-15-27-45(43)50(39-19-7-2-8-20-39,46-28-16-14-26-44(46)49)48-35-37(31-34-47(48)49)36-29-32-42(33-30-36)51(40-21-9-3-10-22-40)41-23-11-4-12-24-41/h1-35H. The minimum atomic E-state index is -0.465. The van der Waals surface area contributed by atoms with E-state index in [1.807, 2.05) is 0 Å². The normalized spacial score (nSPS) is 18.0. The van der Waals surface area contributed by atoms with E-state index in [1.165, 1.54) is 55.6 Å². The Labute approximate surface area is 299 Å². The second-order valence-electron chi connectivity index (χ2n) is 13.6. The third-order valence-electron chi connectivity index (χ3n) is 11.2. The van der Waals surface area contributed by atoms with E-state index >= 15 is 0 Å². The average molecular weight is 650 g/mol. The molecule has 0 aromatic heterocycles. The molecule has 0 heterocycles. The van der Waals surface area contributed by atoms with Crippen LogP contribution in [0, 0.1) is 0 Å². The number of benzene rings is 8. The molecule has 0 N–H and O–H groups in total. The molecule has 0 saturated heterocycles. The Hall–Kier alpha value is -6.44. The van der Waals surface area contributed by atoms with Gasteiger partial charge in [0, 0.05) is 17.1 Å². The first-order valence-corrected chi connectivity index (χ1v) is 17.8. The first-order chi connectivity index (χ1) is 25.3. The van der Waals surface area contributed by atoms with Gasteiger partial charge in [0.15, 0.2) is 0 Å². The summed E-state index contributed by atoms with van der Waals surface area (Å²) < 4.78 is 0. The van der Waals surface area contributed by atoms with Crippen molar-refractivity contribution in [3.63, 3.8) is 0 Å². The SMILES string of the molecule is c1ccc(N(c2ccccc2)c2ccc(-c3ccc4c(c3)C3(c5ccccc5)c5ccccc5C4(c4ccccc4)c4ccccc43)cc2)cc1. The Morgan fingerprint density at radius 3 is 1.04 bits per heavy atom. The van der Waals surface area contributed by atoms with Gasteiger partial charge in [0.1, 0.15) is 0 Å². The van der Waals surface area contributed by atoms with Crippen molar-refractivity contribution in [1.82, 2.24) is 0 Å². The molecule has 1 nitrogen and oxygen atoms in total. The maximum Gasteiger partial charge on any atom is 0.0711 e. The highest BCUT2D eigenvalue weighted by atomic mass is 15.1. The highest BCUT2D eigenvalue weighted by molar-refractivity contribution is 5.85. The molecule has 1 heteroatoms. The van der Waals surface area contributed by atoms with E-state index in [4.69, 9.17) is 0 Å². The lowest BCUT2D eigenvalue weighted by atomic mass is 9.44. The molecule has 51 heavy (non-hydrogen) atoms. The number of anilines is 3. The van der Waals surface area contributed by atoms with Crippen LogP contribution in [-0.2, 0) is 10.8 Å². The van der Waals surface area contributed by atoms with Crippen LogP contribution in [0.15, 0.2) is 212 Å². The van der Waals surface area contributed by atoms with Gasteiger partial charge < -0.3 is 4.90 Å². The van der Waals surface area contributed by atoms with E-state index in [2.05, 4.69) is 217 Å². The molecule has 0 radical (unpaired) electrons. The molecule has 8 aromatic carbocycles. The second kappa shape index (κ2) is 11.6. The van der Waals surface area contributed by atoms with E-state index in [-0.39, 0.29) is 0 Å². The molecule has 0 saturated carbocycles. The van der Waals surface area contributed by atoms with E-state index < -0.39 is 10.8 Å². The van der Waals surface area contributed by atoms with Gasteiger partial charge in [0.2, 0.25) is 0 Å². The number of hydrogen-bond donors (Lipinski definition) is 0. The fourth-order valence-corrected chi connectivity index (χ4v) is 9.22. The molecule has 2 bridgehead atoms. The molecule has 0 unspecified atom stereocenters. The lowest BCUT2D eigenvalue weighted by Gasteiger charge is -2.57. The summed E-state index contributed by atoms with van der Waals surface area (Å²) >= 11 is 0. The Morgan fingerprint density at radius 1 is 0.255 bits per heavy atom. The summed E-state index contributed by atoms with van der Waals surface area (Å²) in [6, 6.07) is 78.2. The largest absolute Gasteiger partial charge is 0.311 e. The van der Waals surface area contributed by atoms with Crippen LogP contribution in [0.5, 0.6) is 0 Å². The van der Waals surface area contributed by atoms with Crippen molar-refractivity contribution in [2.45, 2.75) is 10.8 Å². The van der Waals surface area contributed by atoms with Gasteiger partial charge in [-0.15, -0.1) is 0 Å². The van der Waals surface area contributed by atoms with Crippen LogP contribution in [0.2, 0.25) is 0 Å². The summed E-state index contributed by atoms with van der Waals surface area (Å²) in [5, 5.41) is 0. The third-order valence-corrected chi connectivity index (χ3v) is 11.2. The number of hydrogen-bond acceptors (Lipinski definition) is 1. The second-order valence-corrected chi connectivity index (χ2v) is 13.6. The first-order valence-electron chi connectivity index (χ1n) is 17.8. The predicted molar refractivity (Wildman–Crippen MR) is 210 cm³/mol. The minimum absolute atomic E-state index is 0.436. The Bertz CT molecular complexity index is 2420. The molecule has 11 rings (SSSR count). The average Bonchev–Trinajstić information content (AvgIpc) is 3.22. The lowest BCUT2D eigenvalue weighted by molar-refractivity contribution is 0.557. The zero-order valence-corrected chi connectivity index (χ0v) is 28.2. The Kier molecular flexibility index (Phi) is 6.69. The van der Waals surface area contributed by atoms with Gasteiger partial charge in [-0.05, 0) is 98.1 Å². The summed E-state index contributed by atoms with van der Waals surface area (Å²) in [5.41, 5.74) is 15.7. The first kappa shape index (κ1) is 29.5. The van der Waals surface area contributed by atoms with Gasteiger partial charge in [0.25, 0.3) is 0 Å². The van der Waals surface area contributed by atoms with Crippen LogP contribution in [-0.4, -0.2) is 0 Å². The minimum Gasteiger partial charge on any atom is -0.311 e. The topological polar surface area (TPSA) is 3.24 Å². The Balaban J connectivity index is 1.21. The van der Waals surface area contributed by atoms with Crippen LogP contribution >= 0.6 is 0 Å². The molecule has 8 aromatic rings. The number of para-hydroxylation sites is 2. The predicted octanol–water partition coefficient (Wildman–Crippen LogP) is 12.2. The van der Waals surface area contributed by atoms with E-state index in [0.717, 1.165) is 17.1 Å². The van der Waals surface area contributed by atoms with Crippen molar-refractivity contribution in [1.29, 1.82) is 0 Å².